The molecule has 1 N–H and O–H groups in total. The van der Waals surface area contributed by atoms with Gasteiger partial charge in [-0.2, -0.15) is 0 Å². The Hall–Kier alpha value is -0.760. The van der Waals surface area contributed by atoms with E-state index in [1.165, 1.54) is 6.42 Å². The maximum Gasteiger partial charge on any atom is 0.120 e. The van der Waals surface area contributed by atoms with Crippen LogP contribution >= 0.6 is 0 Å². The first-order valence-electron chi connectivity index (χ1n) is 5.79. The standard InChI is InChI=1S/C13H23NO/c1-5-11(12-7-6-10-15-12)14-9-8-13(2,3)4/h6-7,10-11,14H,5,8-9H2,1-4H3. The van der Waals surface area contributed by atoms with Crippen LogP contribution in [-0.4, -0.2) is 6.54 Å². The normalized spacial score (nSPS) is 14.1. The van der Waals surface area contributed by atoms with Crippen LogP contribution in [0.15, 0.2) is 22.8 Å². The maximum atomic E-state index is 5.41. The fourth-order valence-corrected chi connectivity index (χ4v) is 1.56. The number of nitrogens with one attached hydrogen (secondary N) is 1. The fraction of sp³-hybridized carbons (Fsp3) is 0.692. The molecule has 2 heteroatoms. The highest BCUT2D eigenvalue weighted by Crippen LogP contribution is 2.20. The van der Waals surface area contributed by atoms with E-state index in [1.807, 2.05) is 12.1 Å². The predicted molar refractivity (Wildman–Crippen MR) is 63.8 cm³/mol. The van der Waals surface area contributed by atoms with Crippen molar-refractivity contribution in [2.45, 2.75) is 46.6 Å². The highest BCUT2D eigenvalue weighted by molar-refractivity contribution is 5.03. The molecule has 0 saturated carbocycles. The van der Waals surface area contributed by atoms with Gasteiger partial charge in [0.15, 0.2) is 0 Å². The van der Waals surface area contributed by atoms with Gasteiger partial charge in [0.2, 0.25) is 0 Å². The summed E-state index contributed by atoms with van der Waals surface area (Å²) >= 11 is 0. The van der Waals surface area contributed by atoms with Crippen LogP contribution in [0.4, 0.5) is 0 Å². The molecular weight excluding hydrogens is 186 g/mol. The van der Waals surface area contributed by atoms with Crippen LogP contribution in [0.1, 0.15) is 52.3 Å². The third kappa shape index (κ3) is 4.52. The summed E-state index contributed by atoms with van der Waals surface area (Å²) in [4.78, 5) is 0. The predicted octanol–water partition coefficient (Wildman–Crippen LogP) is 3.76. The van der Waals surface area contributed by atoms with E-state index in [-0.39, 0.29) is 0 Å². The Morgan fingerprint density at radius 2 is 2.13 bits per heavy atom. The van der Waals surface area contributed by atoms with Gasteiger partial charge in [-0.1, -0.05) is 27.7 Å². The second-order valence-electron chi connectivity index (χ2n) is 5.24. The van der Waals surface area contributed by atoms with E-state index in [1.54, 1.807) is 6.26 Å². The van der Waals surface area contributed by atoms with Crippen molar-refractivity contribution >= 4 is 0 Å². The van der Waals surface area contributed by atoms with Crippen molar-refractivity contribution in [1.82, 2.24) is 5.32 Å². The number of hydrogen-bond donors (Lipinski definition) is 1. The Kier molecular flexibility index (Phi) is 4.40. The molecule has 0 bridgehead atoms. The summed E-state index contributed by atoms with van der Waals surface area (Å²) in [5.74, 6) is 1.05. The van der Waals surface area contributed by atoms with Gasteiger partial charge in [0.1, 0.15) is 5.76 Å². The van der Waals surface area contributed by atoms with E-state index < -0.39 is 0 Å². The van der Waals surface area contributed by atoms with Crippen LogP contribution in [0.3, 0.4) is 0 Å². The zero-order chi connectivity index (χ0) is 11.3. The topological polar surface area (TPSA) is 25.2 Å². The van der Waals surface area contributed by atoms with Crippen molar-refractivity contribution in [3.63, 3.8) is 0 Å². The minimum atomic E-state index is 0.363. The van der Waals surface area contributed by atoms with Gasteiger partial charge in [-0.15, -0.1) is 0 Å². The third-order valence-corrected chi connectivity index (χ3v) is 2.56. The monoisotopic (exact) mass is 209 g/mol. The second-order valence-corrected chi connectivity index (χ2v) is 5.24. The number of rotatable bonds is 5. The van der Waals surface area contributed by atoms with Crippen LogP contribution in [0.2, 0.25) is 0 Å². The highest BCUT2D eigenvalue weighted by Gasteiger charge is 2.14. The van der Waals surface area contributed by atoms with E-state index in [4.69, 9.17) is 4.42 Å². The van der Waals surface area contributed by atoms with Gasteiger partial charge in [-0.05, 0) is 36.9 Å². The summed E-state index contributed by atoms with van der Waals surface area (Å²) < 4.78 is 5.41. The molecule has 1 heterocycles. The highest BCUT2D eigenvalue weighted by atomic mass is 16.3. The van der Waals surface area contributed by atoms with Crippen LogP contribution in [0, 0.1) is 5.41 Å². The van der Waals surface area contributed by atoms with E-state index in [9.17, 15) is 0 Å². The van der Waals surface area contributed by atoms with Crippen LogP contribution in [0.5, 0.6) is 0 Å². The zero-order valence-corrected chi connectivity index (χ0v) is 10.3. The molecule has 1 aromatic heterocycles. The third-order valence-electron chi connectivity index (χ3n) is 2.56. The molecule has 86 valence electrons. The van der Waals surface area contributed by atoms with Crippen LogP contribution in [0.25, 0.3) is 0 Å². The van der Waals surface area contributed by atoms with Gasteiger partial charge in [0, 0.05) is 0 Å². The van der Waals surface area contributed by atoms with Gasteiger partial charge < -0.3 is 9.73 Å². The lowest BCUT2D eigenvalue weighted by Crippen LogP contribution is -2.24. The molecule has 0 aliphatic rings. The summed E-state index contributed by atoms with van der Waals surface area (Å²) in [5.41, 5.74) is 0.397. The van der Waals surface area contributed by atoms with E-state index >= 15 is 0 Å². The Morgan fingerprint density at radius 3 is 2.60 bits per heavy atom. The van der Waals surface area contributed by atoms with Gasteiger partial charge in [-0.25, -0.2) is 0 Å². The van der Waals surface area contributed by atoms with Crippen LogP contribution in [-0.2, 0) is 0 Å². The van der Waals surface area contributed by atoms with Gasteiger partial charge in [-0.3, -0.25) is 0 Å². The molecule has 0 amide bonds. The van der Waals surface area contributed by atoms with Gasteiger partial charge in [0.05, 0.1) is 12.3 Å². The lowest BCUT2D eigenvalue weighted by molar-refractivity contribution is 0.336. The average Bonchev–Trinajstić information content (AvgIpc) is 2.63. The summed E-state index contributed by atoms with van der Waals surface area (Å²) in [6, 6.07) is 4.35. The average molecular weight is 209 g/mol. The molecule has 1 unspecified atom stereocenters. The minimum Gasteiger partial charge on any atom is -0.468 e. The molecule has 0 aliphatic heterocycles. The lowest BCUT2D eigenvalue weighted by atomic mass is 9.92. The Balaban J connectivity index is 2.36. The van der Waals surface area contributed by atoms with Crippen molar-refractivity contribution in [3.8, 4) is 0 Å². The quantitative estimate of drug-likeness (QED) is 0.798. The molecule has 0 fully saturated rings. The van der Waals surface area contributed by atoms with Crippen molar-refractivity contribution in [2.24, 2.45) is 5.41 Å². The Morgan fingerprint density at radius 1 is 1.40 bits per heavy atom. The number of hydrogen-bond acceptors (Lipinski definition) is 2. The summed E-state index contributed by atoms with van der Waals surface area (Å²) in [7, 11) is 0. The second kappa shape index (κ2) is 5.36. The summed E-state index contributed by atoms with van der Waals surface area (Å²) in [5, 5.41) is 3.53. The van der Waals surface area contributed by atoms with Gasteiger partial charge >= 0.3 is 0 Å². The van der Waals surface area contributed by atoms with Crippen LogP contribution < -0.4 is 5.32 Å². The SMILES string of the molecule is CCC(NCCC(C)(C)C)c1ccco1. The molecular formula is C13H23NO. The molecule has 0 radical (unpaired) electrons. The molecule has 0 saturated heterocycles. The first-order chi connectivity index (χ1) is 7.03. The van der Waals surface area contributed by atoms with Crippen molar-refractivity contribution in [2.75, 3.05) is 6.54 Å². The van der Waals surface area contributed by atoms with E-state index in [2.05, 4.69) is 33.0 Å². The molecule has 1 aromatic rings. The van der Waals surface area contributed by atoms with E-state index in [0.29, 0.717) is 11.5 Å². The lowest BCUT2D eigenvalue weighted by Gasteiger charge is -2.21. The zero-order valence-electron chi connectivity index (χ0n) is 10.3. The fourth-order valence-electron chi connectivity index (χ4n) is 1.56. The van der Waals surface area contributed by atoms with Crippen molar-refractivity contribution in [1.29, 1.82) is 0 Å². The Bertz CT molecular complexity index is 259. The largest absolute Gasteiger partial charge is 0.468 e. The molecule has 2 nitrogen and oxygen atoms in total. The molecule has 1 atom stereocenters. The first-order valence-corrected chi connectivity index (χ1v) is 5.79. The molecule has 15 heavy (non-hydrogen) atoms. The first kappa shape index (κ1) is 12.3. The summed E-state index contributed by atoms with van der Waals surface area (Å²) in [6.07, 6.45) is 3.99. The minimum absolute atomic E-state index is 0.363. The smallest absolute Gasteiger partial charge is 0.120 e. The number of furan rings is 1. The van der Waals surface area contributed by atoms with Crippen molar-refractivity contribution in [3.05, 3.63) is 24.2 Å². The maximum absolute atomic E-state index is 5.41. The van der Waals surface area contributed by atoms with Crippen molar-refractivity contribution < 1.29 is 4.42 Å². The molecule has 0 aromatic carbocycles. The summed E-state index contributed by atoms with van der Waals surface area (Å²) in [6.45, 7) is 10.0. The Labute approximate surface area is 93.1 Å². The van der Waals surface area contributed by atoms with Gasteiger partial charge in [0.25, 0.3) is 0 Å². The van der Waals surface area contributed by atoms with E-state index in [0.717, 1.165) is 18.7 Å². The molecule has 0 spiro atoms. The molecule has 0 aliphatic carbocycles. The molecule has 1 rings (SSSR count).